The van der Waals surface area contributed by atoms with Crippen LogP contribution in [0.1, 0.15) is 25.0 Å². The van der Waals surface area contributed by atoms with Crippen molar-refractivity contribution >= 4 is 23.2 Å². The minimum absolute atomic E-state index is 0.0383. The van der Waals surface area contributed by atoms with Gasteiger partial charge in [0.2, 0.25) is 5.91 Å². The first-order chi connectivity index (χ1) is 11.4. The number of ether oxygens (including phenoxy) is 1. The topological polar surface area (TPSA) is 67.4 Å². The van der Waals surface area contributed by atoms with Gasteiger partial charge in [0, 0.05) is 11.4 Å². The molecule has 0 aliphatic carbocycles. The van der Waals surface area contributed by atoms with Crippen LogP contribution in [0.25, 0.3) is 0 Å². The minimum Gasteiger partial charge on any atom is -0.484 e. The van der Waals surface area contributed by atoms with Crippen molar-refractivity contribution in [3.8, 4) is 5.75 Å². The highest BCUT2D eigenvalue weighted by atomic mass is 16.5. The molecule has 0 spiro atoms. The maximum absolute atomic E-state index is 12.1. The van der Waals surface area contributed by atoms with Crippen LogP contribution in [-0.2, 0) is 15.0 Å². The van der Waals surface area contributed by atoms with Crippen LogP contribution < -0.4 is 15.4 Å². The van der Waals surface area contributed by atoms with Gasteiger partial charge in [0.05, 0.1) is 5.41 Å². The van der Waals surface area contributed by atoms with Gasteiger partial charge < -0.3 is 15.4 Å². The standard InChI is InChI=1S/C19H20N2O3/c1-12-4-7-14(8-5-12)24-11-17(22)20-13-6-9-16-15(10-13)19(2,3)18(23)21-16/h4-10H,11H2,1-3H3,(H,20,22)(H,21,23). The molecule has 0 saturated carbocycles. The Kier molecular flexibility index (Phi) is 4.01. The Balaban J connectivity index is 1.64. The Morgan fingerprint density at radius 3 is 2.58 bits per heavy atom. The predicted octanol–water partition coefficient (Wildman–Crippen LogP) is 3.24. The molecule has 2 aromatic carbocycles. The smallest absolute Gasteiger partial charge is 0.262 e. The van der Waals surface area contributed by atoms with E-state index in [1.54, 1.807) is 12.1 Å². The molecule has 0 aromatic heterocycles. The third-order valence-electron chi connectivity index (χ3n) is 4.18. The Morgan fingerprint density at radius 2 is 1.88 bits per heavy atom. The van der Waals surface area contributed by atoms with Crippen molar-refractivity contribution in [3.63, 3.8) is 0 Å². The van der Waals surface area contributed by atoms with Gasteiger partial charge >= 0.3 is 0 Å². The summed E-state index contributed by atoms with van der Waals surface area (Å²) in [5.74, 6) is 0.370. The number of rotatable bonds is 4. The summed E-state index contributed by atoms with van der Waals surface area (Å²) in [4.78, 5) is 24.0. The molecule has 0 atom stereocenters. The van der Waals surface area contributed by atoms with E-state index < -0.39 is 5.41 Å². The Morgan fingerprint density at radius 1 is 1.17 bits per heavy atom. The largest absolute Gasteiger partial charge is 0.484 e. The molecule has 2 amide bonds. The van der Waals surface area contributed by atoms with Crippen LogP contribution >= 0.6 is 0 Å². The van der Waals surface area contributed by atoms with Crippen molar-refractivity contribution in [2.45, 2.75) is 26.2 Å². The van der Waals surface area contributed by atoms with Crippen molar-refractivity contribution in [2.24, 2.45) is 0 Å². The second-order valence-electron chi connectivity index (χ2n) is 6.49. The number of fused-ring (bicyclic) bond motifs is 1. The van der Waals surface area contributed by atoms with Crippen molar-refractivity contribution in [1.82, 2.24) is 0 Å². The first kappa shape index (κ1) is 16.1. The maximum atomic E-state index is 12.1. The molecule has 5 heteroatoms. The van der Waals surface area contributed by atoms with Crippen molar-refractivity contribution < 1.29 is 14.3 Å². The number of benzene rings is 2. The lowest BCUT2D eigenvalue weighted by Crippen LogP contribution is -2.27. The van der Waals surface area contributed by atoms with E-state index in [4.69, 9.17) is 4.74 Å². The van der Waals surface area contributed by atoms with Crippen LogP contribution in [-0.4, -0.2) is 18.4 Å². The van der Waals surface area contributed by atoms with E-state index in [0.717, 1.165) is 16.8 Å². The molecule has 24 heavy (non-hydrogen) atoms. The lowest BCUT2D eigenvalue weighted by molar-refractivity contribution is -0.120. The Bertz CT molecular complexity index is 795. The number of hydrogen-bond acceptors (Lipinski definition) is 3. The number of carbonyl (C=O) groups is 2. The zero-order chi connectivity index (χ0) is 17.3. The zero-order valence-corrected chi connectivity index (χ0v) is 14.0. The van der Waals surface area contributed by atoms with E-state index in [1.807, 2.05) is 51.1 Å². The van der Waals surface area contributed by atoms with Gasteiger partial charge in [-0.15, -0.1) is 0 Å². The molecule has 5 nitrogen and oxygen atoms in total. The SMILES string of the molecule is Cc1ccc(OCC(=O)Nc2ccc3c(c2)C(C)(C)C(=O)N3)cc1. The highest BCUT2D eigenvalue weighted by molar-refractivity contribution is 6.06. The fourth-order valence-corrected chi connectivity index (χ4v) is 2.63. The number of anilines is 2. The fourth-order valence-electron chi connectivity index (χ4n) is 2.63. The molecular weight excluding hydrogens is 304 g/mol. The highest BCUT2D eigenvalue weighted by Crippen LogP contribution is 2.38. The molecule has 0 saturated heterocycles. The highest BCUT2D eigenvalue weighted by Gasteiger charge is 2.38. The average molecular weight is 324 g/mol. The number of nitrogens with one attached hydrogen (secondary N) is 2. The van der Waals surface area contributed by atoms with E-state index in [1.165, 1.54) is 0 Å². The summed E-state index contributed by atoms with van der Waals surface area (Å²) in [6, 6.07) is 12.9. The molecule has 0 fully saturated rings. The maximum Gasteiger partial charge on any atom is 0.262 e. The van der Waals surface area contributed by atoms with Crippen molar-refractivity contribution in [3.05, 3.63) is 53.6 Å². The normalized spacial score (nSPS) is 14.7. The van der Waals surface area contributed by atoms with Gasteiger partial charge in [0.25, 0.3) is 5.91 Å². The molecule has 3 rings (SSSR count). The van der Waals surface area contributed by atoms with Crippen molar-refractivity contribution in [2.75, 3.05) is 17.2 Å². The molecule has 0 radical (unpaired) electrons. The molecule has 0 unspecified atom stereocenters. The van der Waals surface area contributed by atoms with Crippen LogP contribution in [0.15, 0.2) is 42.5 Å². The van der Waals surface area contributed by atoms with Gasteiger partial charge in [0.1, 0.15) is 5.75 Å². The molecular formula is C19H20N2O3. The quantitative estimate of drug-likeness (QED) is 0.907. The van der Waals surface area contributed by atoms with Crippen molar-refractivity contribution in [1.29, 1.82) is 0 Å². The van der Waals surface area contributed by atoms with Gasteiger partial charge in [0.15, 0.2) is 6.61 Å². The molecule has 124 valence electrons. The number of carbonyl (C=O) groups excluding carboxylic acids is 2. The number of aryl methyl sites for hydroxylation is 1. The number of amides is 2. The summed E-state index contributed by atoms with van der Waals surface area (Å²) in [5.41, 5.74) is 2.85. The minimum atomic E-state index is -0.603. The lowest BCUT2D eigenvalue weighted by Gasteiger charge is -2.16. The Hall–Kier alpha value is -2.82. The van der Waals surface area contributed by atoms with E-state index in [9.17, 15) is 9.59 Å². The third-order valence-corrected chi connectivity index (χ3v) is 4.18. The Labute approximate surface area is 141 Å². The van der Waals surface area contributed by atoms with Crippen LogP contribution in [0.5, 0.6) is 5.75 Å². The lowest BCUT2D eigenvalue weighted by atomic mass is 9.86. The summed E-state index contributed by atoms with van der Waals surface area (Å²) >= 11 is 0. The van der Waals surface area contributed by atoms with Crippen LogP contribution in [0.3, 0.4) is 0 Å². The first-order valence-electron chi connectivity index (χ1n) is 7.81. The van der Waals surface area contributed by atoms with Crippen LogP contribution in [0.2, 0.25) is 0 Å². The second-order valence-corrected chi connectivity index (χ2v) is 6.49. The molecule has 0 bridgehead atoms. The van der Waals surface area contributed by atoms with Gasteiger partial charge in [-0.3, -0.25) is 9.59 Å². The fraction of sp³-hybridized carbons (Fsp3) is 0.263. The van der Waals surface area contributed by atoms with E-state index >= 15 is 0 Å². The molecule has 1 heterocycles. The van der Waals surface area contributed by atoms with Gasteiger partial charge in [-0.2, -0.15) is 0 Å². The van der Waals surface area contributed by atoms with Gasteiger partial charge in [-0.1, -0.05) is 17.7 Å². The third kappa shape index (κ3) is 3.11. The second kappa shape index (κ2) is 6.00. The molecule has 1 aliphatic rings. The molecule has 1 aliphatic heterocycles. The van der Waals surface area contributed by atoms with E-state index in [0.29, 0.717) is 11.4 Å². The number of hydrogen-bond donors (Lipinski definition) is 2. The summed E-state index contributed by atoms with van der Waals surface area (Å²) in [7, 11) is 0. The predicted molar refractivity (Wildman–Crippen MR) is 93.4 cm³/mol. The van der Waals surface area contributed by atoms with E-state index in [2.05, 4.69) is 10.6 Å². The molecule has 2 N–H and O–H groups in total. The average Bonchev–Trinajstić information content (AvgIpc) is 2.77. The zero-order valence-electron chi connectivity index (χ0n) is 14.0. The summed E-state index contributed by atoms with van der Waals surface area (Å²) in [6.07, 6.45) is 0. The summed E-state index contributed by atoms with van der Waals surface area (Å²) in [6.45, 7) is 5.65. The molecule has 2 aromatic rings. The van der Waals surface area contributed by atoms with E-state index in [-0.39, 0.29) is 18.4 Å². The van der Waals surface area contributed by atoms with Gasteiger partial charge in [-0.25, -0.2) is 0 Å². The summed E-state index contributed by atoms with van der Waals surface area (Å²) < 4.78 is 5.47. The van der Waals surface area contributed by atoms with Crippen LogP contribution in [0.4, 0.5) is 11.4 Å². The summed E-state index contributed by atoms with van der Waals surface area (Å²) in [5, 5.41) is 5.65. The van der Waals surface area contributed by atoms with Gasteiger partial charge in [-0.05, 0) is 56.7 Å². The van der Waals surface area contributed by atoms with Crippen LogP contribution in [0, 0.1) is 6.92 Å². The first-order valence-corrected chi connectivity index (χ1v) is 7.81. The monoisotopic (exact) mass is 324 g/mol.